The maximum Gasteiger partial charge on any atom is 0.278 e. The molecule has 0 aliphatic carbocycles. The molecule has 7 nitrogen and oxygen atoms in total. The van der Waals surface area contributed by atoms with Gasteiger partial charge in [-0.15, -0.1) is 5.10 Å². The molecule has 3 aromatic rings. The van der Waals surface area contributed by atoms with Crippen molar-refractivity contribution in [2.45, 2.75) is 6.92 Å². The van der Waals surface area contributed by atoms with E-state index in [1.807, 2.05) is 0 Å². The lowest BCUT2D eigenvalue weighted by atomic mass is 10.3. The number of nitrogens with one attached hydrogen (secondary N) is 2. The monoisotopic (exact) mass is 287 g/mol. The van der Waals surface area contributed by atoms with Crippen LogP contribution in [0.3, 0.4) is 0 Å². The third-order valence-corrected chi connectivity index (χ3v) is 2.87. The number of H-pyrrole nitrogens is 1. The molecule has 2 heterocycles. The summed E-state index contributed by atoms with van der Waals surface area (Å²) in [6.07, 6.45) is 1.53. The molecule has 21 heavy (non-hydrogen) atoms. The normalized spacial score (nSPS) is 10.8. The number of rotatable bonds is 2. The molecule has 1 aromatic carbocycles. The third-order valence-electron chi connectivity index (χ3n) is 2.87. The van der Waals surface area contributed by atoms with Crippen LogP contribution in [0, 0.1) is 12.7 Å². The van der Waals surface area contributed by atoms with Crippen LogP contribution in [0.5, 0.6) is 0 Å². The van der Waals surface area contributed by atoms with Crippen LogP contribution in [0.15, 0.2) is 35.3 Å². The Labute approximate surface area is 117 Å². The van der Waals surface area contributed by atoms with Crippen molar-refractivity contribution in [1.29, 1.82) is 0 Å². The van der Waals surface area contributed by atoms with Crippen molar-refractivity contribution in [3.8, 4) is 0 Å². The smallest absolute Gasteiger partial charge is 0.278 e. The van der Waals surface area contributed by atoms with Gasteiger partial charge in [0.15, 0.2) is 11.2 Å². The molecule has 8 heteroatoms. The van der Waals surface area contributed by atoms with Crippen LogP contribution in [0.25, 0.3) is 5.52 Å². The Hall–Kier alpha value is -3.03. The summed E-state index contributed by atoms with van der Waals surface area (Å²) in [6.45, 7) is 1.68. The zero-order chi connectivity index (χ0) is 15.0. The molecule has 0 aliphatic heterocycles. The number of aryl methyl sites for hydroxylation is 1. The van der Waals surface area contributed by atoms with E-state index < -0.39 is 17.3 Å². The van der Waals surface area contributed by atoms with Crippen molar-refractivity contribution < 1.29 is 9.18 Å². The van der Waals surface area contributed by atoms with E-state index in [1.54, 1.807) is 13.0 Å². The molecule has 0 saturated carbocycles. The van der Waals surface area contributed by atoms with Gasteiger partial charge in [-0.2, -0.15) is 0 Å². The van der Waals surface area contributed by atoms with Gasteiger partial charge in [0.1, 0.15) is 5.82 Å². The molecule has 0 saturated heterocycles. The fourth-order valence-corrected chi connectivity index (χ4v) is 1.95. The molecule has 2 N–H and O–H groups in total. The van der Waals surface area contributed by atoms with E-state index in [2.05, 4.69) is 20.6 Å². The zero-order valence-electron chi connectivity index (χ0n) is 10.9. The Kier molecular flexibility index (Phi) is 2.98. The lowest BCUT2D eigenvalue weighted by Crippen LogP contribution is -2.18. The topological polar surface area (TPSA) is 92.2 Å². The number of aromatic amines is 1. The lowest BCUT2D eigenvalue weighted by molar-refractivity contribution is 0.102. The number of carbonyl (C=O) groups excluding carboxylic acids is 1. The first kappa shape index (κ1) is 13.0. The predicted octanol–water partition coefficient (Wildman–Crippen LogP) is 1.12. The van der Waals surface area contributed by atoms with Crippen molar-refractivity contribution in [3.05, 3.63) is 58.0 Å². The number of carbonyl (C=O) groups is 1. The number of hydrogen-bond acceptors (Lipinski definition) is 4. The Morgan fingerprint density at radius 1 is 1.38 bits per heavy atom. The zero-order valence-corrected chi connectivity index (χ0v) is 10.9. The predicted molar refractivity (Wildman–Crippen MR) is 72.7 cm³/mol. The highest BCUT2D eigenvalue weighted by molar-refractivity contribution is 6.07. The van der Waals surface area contributed by atoms with E-state index in [9.17, 15) is 14.0 Å². The average Bonchev–Trinajstić information content (AvgIpc) is 2.85. The molecule has 0 radical (unpaired) electrons. The number of amides is 1. The number of anilines is 1. The molecule has 106 valence electrons. The largest absolute Gasteiger partial charge is 0.323 e. The second-order valence-electron chi connectivity index (χ2n) is 4.43. The van der Waals surface area contributed by atoms with Gasteiger partial charge < -0.3 is 10.3 Å². The van der Waals surface area contributed by atoms with Gasteiger partial charge in [-0.1, -0.05) is 17.3 Å². The van der Waals surface area contributed by atoms with Crippen LogP contribution in [0.1, 0.15) is 16.2 Å². The van der Waals surface area contributed by atoms with E-state index in [4.69, 9.17) is 0 Å². The Balaban J connectivity index is 2.03. The maximum absolute atomic E-state index is 13.5. The number of fused-ring (bicyclic) bond motifs is 1. The minimum Gasteiger partial charge on any atom is -0.323 e. The van der Waals surface area contributed by atoms with Gasteiger partial charge in [-0.25, -0.2) is 8.91 Å². The first-order valence-electron chi connectivity index (χ1n) is 6.07. The highest BCUT2D eigenvalue weighted by Crippen LogP contribution is 2.14. The molecule has 1 amide bonds. The molecule has 0 bridgehead atoms. The molecular formula is C13H10FN5O2. The third kappa shape index (κ3) is 2.27. The molecule has 2 aromatic heterocycles. The number of nitrogens with zero attached hydrogens (tertiary/aromatic N) is 3. The second kappa shape index (κ2) is 4.82. The van der Waals surface area contributed by atoms with Crippen molar-refractivity contribution >= 4 is 17.1 Å². The van der Waals surface area contributed by atoms with Gasteiger partial charge in [0.2, 0.25) is 0 Å². The van der Waals surface area contributed by atoms with Gasteiger partial charge >= 0.3 is 0 Å². The van der Waals surface area contributed by atoms with E-state index in [1.165, 1.54) is 28.9 Å². The number of hydrogen-bond donors (Lipinski definition) is 2. The summed E-state index contributed by atoms with van der Waals surface area (Å²) in [5, 5.41) is 9.76. The first-order chi connectivity index (χ1) is 10.1. The van der Waals surface area contributed by atoms with Crippen LogP contribution < -0.4 is 10.9 Å². The van der Waals surface area contributed by atoms with E-state index in [0.717, 1.165) is 0 Å². The summed E-state index contributed by atoms with van der Waals surface area (Å²) in [4.78, 5) is 26.6. The highest BCUT2D eigenvalue weighted by Gasteiger charge is 2.19. The van der Waals surface area contributed by atoms with Crippen LogP contribution in [-0.4, -0.2) is 25.7 Å². The van der Waals surface area contributed by atoms with Crippen LogP contribution in [0.4, 0.5) is 10.1 Å². The summed E-state index contributed by atoms with van der Waals surface area (Å²) in [5.41, 5.74) is -0.0571. The van der Waals surface area contributed by atoms with Gasteiger partial charge in [0.25, 0.3) is 11.5 Å². The number of halogens is 1. The van der Waals surface area contributed by atoms with Crippen molar-refractivity contribution in [2.24, 2.45) is 0 Å². The molecule has 0 spiro atoms. The molecule has 0 fully saturated rings. The molecule has 0 atom stereocenters. The maximum atomic E-state index is 13.5. The summed E-state index contributed by atoms with van der Waals surface area (Å²) < 4.78 is 14.7. The summed E-state index contributed by atoms with van der Waals surface area (Å²) in [6, 6.07) is 5.72. The van der Waals surface area contributed by atoms with Gasteiger partial charge in [0.05, 0.1) is 11.9 Å². The minimum atomic E-state index is -0.704. The summed E-state index contributed by atoms with van der Waals surface area (Å²) in [7, 11) is 0. The second-order valence-corrected chi connectivity index (χ2v) is 4.43. The quantitative estimate of drug-likeness (QED) is 0.738. The minimum absolute atomic E-state index is 0.00666. The number of benzene rings is 1. The van der Waals surface area contributed by atoms with E-state index in [0.29, 0.717) is 5.69 Å². The average molecular weight is 287 g/mol. The van der Waals surface area contributed by atoms with Gasteiger partial charge in [-0.3, -0.25) is 9.59 Å². The summed E-state index contributed by atoms with van der Waals surface area (Å²) >= 11 is 0. The number of aromatic nitrogens is 4. The van der Waals surface area contributed by atoms with E-state index in [-0.39, 0.29) is 16.9 Å². The number of para-hydroxylation sites is 1. The standard InChI is InChI=1S/C13H10FN5O2/c1-7-6-19-11(13(21)15-7)10(17-18-19)12(20)16-9-5-3-2-4-8(9)14/h2-6H,1H3,(H,15,21)(H,16,20). The van der Waals surface area contributed by atoms with E-state index >= 15 is 0 Å². The van der Waals surface area contributed by atoms with Crippen LogP contribution >= 0.6 is 0 Å². The Morgan fingerprint density at radius 3 is 2.90 bits per heavy atom. The fraction of sp³-hybridized carbons (Fsp3) is 0.0769. The Morgan fingerprint density at radius 2 is 2.14 bits per heavy atom. The van der Waals surface area contributed by atoms with Crippen LogP contribution in [0.2, 0.25) is 0 Å². The SMILES string of the molecule is Cc1cn2nnc(C(=O)Nc3ccccc3F)c2c(=O)[nH]1. The first-order valence-corrected chi connectivity index (χ1v) is 6.07. The molecule has 3 rings (SSSR count). The van der Waals surface area contributed by atoms with Gasteiger partial charge in [0, 0.05) is 5.69 Å². The van der Waals surface area contributed by atoms with Gasteiger partial charge in [-0.05, 0) is 19.1 Å². The lowest BCUT2D eigenvalue weighted by Gasteiger charge is -2.03. The van der Waals surface area contributed by atoms with Crippen molar-refractivity contribution in [3.63, 3.8) is 0 Å². The van der Waals surface area contributed by atoms with Crippen molar-refractivity contribution in [1.82, 2.24) is 19.8 Å². The highest BCUT2D eigenvalue weighted by atomic mass is 19.1. The summed E-state index contributed by atoms with van der Waals surface area (Å²) in [5.74, 6) is -1.28. The van der Waals surface area contributed by atoms with Crippen LogP contribution in [-0.2, 0) is 0 Å². The molecular weight excluding hydrogens is 277 g/mol. The van der Waals surface area contributed by atoms with Crippen molar-refractivity contribution in [2.75, 3.05) is 5.32 Å². The molecule has 0 unspecified atom stereocenters. The Bertz CT molecular complexity index is 899. The molecule has 0 aliphatic rings. The fourth-order valence-electron chi connectivity index (χ4n) is 1.95.